The van der Waals surface area contributed by atoms with Gasteiger partial charge in [-0.25, -0.2) is 32.9 Å². The fourth-order valence-corrected chi connectivity index (χ4v) is 4.59. The lowest BCUT2D eigenvalue weighted by Crippen LogP contribution is -2.30. The molecule has 0 saturated carbocycles. The van der Waals surface area contributed by atoms with Gasteiger partial charge in [0.1, 0.15) is 5.82 Å². The first kappa shape index (κ1) is 27.5. The summed E-state index contributed by atoms with van der Waals surface area (Å²) in [5.74, 6) is -0.553. The number of nitrogens with zero attached hydrogens (tertiary/aromatic N) is 3. The Hall–Kier alpha value is -4.58. The number of imidazole rings is 1. The molecule has 4 rings (SSSR count). The summed E-state index contributed by atoms with van der Waals surface area (Å²) in [6.07, 6.45) is -1.10. The van der Waals surface area contributed by atoms with E-state index in [0.29, 0.717) is 22.9 Å². The second kappa shape index (κ2) is 11.0. The van der Waals surface area contributed by atoms with Gasteiger partial charge in [-0.15, -0.1) is 0 Å². The lowest BCUT2D eigenvalue weighted by Gasteiger charge is -2.14. The van der Waals surface area contributed by atoms with E-state index in [9.17, 15) is 18.0 Å². The van der Waals surface area contributed by atoms with E-state index in [4.69, 9.17) is 4.74 Å². The molecule has 0 aliphatic heterocycles. The summed E-state index contributed by atoms with van der Waals surface area (Å²) in [6.45, 7) is 8.76. The third kappa shape index (κ3) is 6.65. The number of benzene rings is 2. The average molecular weight is 549 g/mol. The molecule has 0 aliphatic rings. The number of carbonyl (C=O) groups is 2. The van der Waals surface area contributed by atoms with Gasteiger partial charge in [0.05, 0.1) is 16.2 Å². The molecule has 39 heavy (non-hydrogen) atoms. The van der Waals surface area contributed by atoms with Crippen LogP contribution in [0.5, 0.6) is 0 Å². The Kier molecular flexibility index (Phi) is 7.77. The standard InChI is InChI=1S/C27H28N6O5S/c1-15-14-16(2)29-27(28-15)33-39(36,37)23-12-10-22(11-13-23)32-25(34)19(5)38-26(35)21-8-6-20(7-9-21)24-30-17(3)18(4)31-24/h6-14,19H,1-5H3,(H,30,31)(H,32,34)(H,28,29,33). The van der Waals surface area contributed by atoms with Gasteiger partial charge in [-0.05, 0) is 77.1 Å². The highest BCUT2D eigenvalue weighted by molar-refractivity contribution is 7.92. The summed E-state index contributed by atoms with van der Waals surface area (Å²) in [5, 5.41) is 2.61. The number of carbonyl (C=O) groups excluding carboxylic acids is 2. The Balaban J connectivity index is 1.35. The summed E-state index contributed by atoms with van der Waals surface area (Å²) in [6, 6.07) is 14.0. The molecule has 11 nitrogen and oxygen atoms in total. The van der Waals surface area contributed by atoms with Crippen molar-refractivity contribution in [1.82, 2.24) is 19.9 Å². The monoisotopic (exact) mass is 548 g/mol. The van der Waals surface area contributed by atoms with E-state index in [2.05, 4.69) is 30.0 Å². The summed E-state index contributed by atoms with van der Waals surface area (Å²) in [5.41, 5.74) is 4.55. The number of rotatable bonds is 8. The molecule has 202 valence electrons. The largest absolute Gasteiger partial charge is 0.449 e. The number of hydrogen-bond acceptors (Lipinski definition) is 8. The molecule has 0 fully saturated rings. The molecule has 1 unspecified atom stereocenters. The molecule has 4 aromatic rings. The molecular formula is C27H28N6O5S. The van der Waals surface area contributed by atoms with E-state index in [0.717, 1.165) is 17.0 Å². The molecule has 0 saturated heterocycles. The smallest absolute Gasteiger partial charge is 0.338 e. The third-order valence-electron chi connectivity index (χ3n) is 5.82. The Bertz CT molecular complexity index is 1590. The Morgan fingerprint density at radius 3 is 2.08 bits per heavy atom. The van der Waals surface area contributed by atoms with Crippen molar-refractivity contribution in [2.45, 2.75) is 45.6 Å². The van der Waals surface area contributed by atoms with Gasteiger partial charge in [-0.1, -0.05) is 12.1 Å². The van der Waals surface area contributed by atoms with Crippen LogP contribution in [-0.4, -0.2) is 46.3 Å². The van der Waals surface area contributed by atoms with Crippen molar-refractivity contribution < 1.29 is 22.7 Å². The van der Waals surface area contributed by atoms with Crippen molar-refractivity contribution >= 4 is 33.5 Å². The fourth-order valence-electron chi connectivity index (χ4n) is 3.64. The summed E-state index contributed by atoms with van der Waals surface area (Å²) >= 11 is 0. The van der Waals surface area contributed by atoms with Crippen molar-refractivity contribution in [3.05, 3.63) is 82.9 Å². The number of esters is 1. The number of ether oxygens (including phenoxy) is 1. The summed E-state index contributed by atoms with van der Waals surface area (Å²) in [4.78, 5) is 40.9. The zero-order valence-electron chi connectivity index (χ0n) is 22.1. The molecule has 0 radical (unpaired) electrons. The first-order valence-electron chi connectivity index (χ1n) is 12.0. The highest BCUT2D eigenvalue weighted by Crippen LogP contribution is 2.20. The number of H-pyrrole nitrogens is 1. The minimum absolute atomic E-state index is 0.0266. The van der Waals surface area contributed by atoms with Crippen molar-refractivity contribution in [3.8, 4) is 11.4 Å². The van der Waals surface area contributed by atoms with Gasteiger partial charge in [0.25, 0.3) is 15.9 Å². The zero-order chi connectivity index (χ0) is 28.3. The third-order valence-corrected chi connectivity index (χ3v) is 7.16. The molecule has 3 N–H and O–H groups in total. The van der Waals surface area contributed by atoms with Crippen molar-refractivity contribution in [2.75, 3.05) is 10.0 Å². The van der Waals surface area contributed by atoms with Crippen LogP contribution >= 0.6 is 0 Å². The van der Waals surface area contributed by atoms with E-state index >= 15 is 0 Å². The minimum Gasteiger partial charge on any atom is -0.449 e. The first-order valence-corrected chi connectivity index (χ1v) is 13.5. The van der Waals surface area contributed by atoms with Gasteiger partial charge in [0.2, 0.25) is 5.95 Å². The lowest BCUT2D eigenvalue weighted by molar-refractivity contribution is -0.123. The summed E-state index contributed by atoms with van der Waals surface area (Å²) < 4.78 is 33.1. The van der Waals surface area contributed by atoms with Gasteiger partial charge < -0.3 is 15.0 Å². The van der Waals surface area contributed by atoms with Gasteiger partial charge in [0.15, 0.2) is 6.10 Å². The number of anilines is 2. The van der Waals surface area contributed by atoms with Crippen LogP contribution in [-0.2, 0) is 19.6 Å². The van der Waals surface area contributed by atoms with E-state index in [1.54, 1.807) is 44.2 Å². The highest BCUT2D eigenvalue weighted by Gasteiger charge is 2.21. The molecule has 2 aromatic carbocycles. The highest BCUT2D eigenvalue weighted by atomic mass is 32.2. The maximum atomic E-state index is 12.7. The van der Waals surface area contributed by atoms with Crippen LogP contribution in [0, 0.1) is 27.7 Å². The quantitative estimate of drug-likeness (QED) is 0.278. The van der Waals surface area contributed by atoms with Crippen LogP contribution in [0.3, 0.4) is 0 Å². The van der Waals surface area contributed by atoms with Gasteiger partial charge in [-0.2, -0.15) is 0 Å². The van der Waals surface area contributed by atoms with Gasteiger partial charge in [0, 0.05) is 28.3 Å². The second-order valence-electron chi connectivity index (χ2n) is 9.01. The van der Waals surface area contributed by atoms with Crippen molar-refractivity contribution in [1.29, 1.82) is 0 Å². The fraction of sp³-hybridized carbons (Fsp3) is 0.222. The van der Waals surface area contributed by atoms with Crippen molar-refractivity contribution in [2.24, 2.45) is 0 Å². The number of nitrogens with one attached hydrogen (secondary N) is 3. The second-order valence-corrected chi connectivity index (χ2v) is 10.7. The number of aryl methyl sites for hydroxylation is 4. The van der Waals surface area contributed by atoms with Crippen LogP contribution in [0.1, 0.15) is 40.1 Å². The zero-order valence-corrected chi connectivity index (χ0v) is 22.9. The van der Waals surface area contributed by atoms with Crippen LogP contribution in [0.25, 0.3) is 11.4 Å². The molecule has 1 atom stereocenters. The molecule has 0 spiro atoms. The lowest BCUT2D eigenvalue weighted by atomic mass is 10.1. The molecule has 1 amide bonds. The van der Waals surface area contributed by atoms with Crippen LogP contribution < -0.4 is 10.0 Å². The van der Waals surface area contributed by atoms with E-state index < -0.39 is 28.0 Å². The average Bonchev–Trinajstić information content (AvgIpc) is 3.21. The number of amides is 1. The molecule has 0 aliphatic carbocycles. The van der Waals surface area contributed by atoms with Gasteiger partial charge >= 0.3 is 5.97 Å². The number of aromatic amines is 1. The van der Waals surface area contributed by atoms with Gasteiger partial charge in [-0.3, -0.25) is 4.79 Å². The predicted molar refractivity (Wildman–Crippen MR) is 146 cm³/mol. The minimum atomic E-state index is -3.94. The number of hydrogen-bond donors (Lipinski definition) is 3. The number of sulfonamides is 1. The maximum Gasteiger partial charge on any atom is 0.338 e. The van der Waals surface area contributed by atoms with Crippen LogP contribution in [0.4, 0.5) is 11.6 Å². The Morgan fingerprint density at radius 2 is 1.51 bits per heavy atom. The van der Waals surface area contributed by atoms with E-state index in [1.807, 2.05) is 13.8 Å². The van der Waals surface area contributed by atoms with Crippen LogP contribution in [0.15, 0.2) is 59.5 Å². The van der Waals surface area contributed by atoms with E-state index in [-0.39, 0.29) is 16.4 Å². The molecule has 0 bridgehead atoms. The Labute approximate surface area is 226 Å². The first-order chi connectivity index (χ1) is 18.4. The number of aromatic nitrogens is 4. The molecule has 12 heteroatoms. The van der Waals surface area contributed by atoms with E-state index in [1.165, 1.54) is 31.2 Å². The predicted octanol–water partition coefficient (Wildman–Crippen LogP) is 4.09. The molecular weight excluding hydrogens is 520 g/mol. The summed E-state index contributed by atoms with van der Waals surface area (Å²) in [7, 11) is -3.94. The normalized spacial score (nSPS) is 12.0. The SMILES string of the molecule is Cc1cc(C)nc(NS(=O)(=O)c2ccc(NC(=O)C(C)OC(=O)c3ccc(-c4nc(C)c(C)[nH]4)cc3)cc2)n1. The van der Waals surface area contributed by atoms with Crippen molar-refractivity contribution in [3.63, 3.8) is 0 Å². The Morgan fingerprint density at radius 1 is 0.897 bits per heavy atom. The topological polar surface area (TPSA) is 156 Å². The molecule has 2 aromatic heterocycles. The molecule has 2 heterocycles. The van der Waals surface area contributed by atoms with Crippen LogP contribution in [0.2, 0.25) is 0 Å². The maximum absolute atomic E-state index is 12.7.